The van der Waals surface area contributed by atoms with E-state index in [0.29, 0.717) is 12.2 Å². The molecule has 3 rings (SSSR count). The van der Waals surface area contributed by atoms with Gasteiger partial charge in [-0.1, -0.05) is 25.0 Å². The lowest BCUT2D eigenvalue weighted by Crippen LogP contribution is -2.38. The molecule has 1 fully saturated rings. The summed E-state index contributed by atoms with van der Waals surface area (Å²) in [7, 11) is 2.79. The normalized spacial score (nSPS) is 33.4. The van der Waals surface area contributed by atoms with Crippen molar-refractivity contribution in [3.8, 4) is 0 Å². The largest absolute Gasteiger partial charge is 0.469 e. The molecule has 5 heteroatoms. The second-order valence-electron chi connectivity index (χ2n) is 7.87. The van der Waals surface area contributed by atoms with Crippen LogP contribution in [0.2, 0.25) is 0 Å². The van der Waals surface area contributed by atoms with E-state index in [1.807, 2.05) is 0 Å². The molecule has 0 aromatic rings. The monoisotopic (exact) mass is 334 g/mol. The average molecular weight is 334 g/mol. The van der Waals surface area contributed by atoms with Gasteiger partial charge in [-0.2, -0.15) is 0 Å². The number of hydrogen-bond donors (Lipinski definition) is 0. The first-order valence-corrected chi connectivity index (χ1v) is 8.73. The van der Waals surface area contributed by atoms with Crippen molar-refractivity contribution in [2.75, 3.05) is 14.2 Å². The zero-order chi connectivity index (χ0) is 17.6. The molecule has 3 aliphatic carbocycles. The van der Waals surface area contributed by atoms with Gasteiger partial charge in [-0.25, -0.2) is 0 Å². The Morgan fingerprint density at radius 3 is 2.21 bits per heavy atom. The van der Waals surface area contributed by atoms with Gasteiger partial charge in [0.25, 0.3) is 0 Å². The smallest absolute Gasteiger partial charge is 0.306 e. The van der Waals surface area contributed by atoms with E-state index in [9.17, 15) is 14.4 Å². The fraction of sp³-hybridized carbons (Fsp3) is 0.737. The van der Waals surface area contributed by atoms with Gasteiger partial charge in [-0.05, 0) is 36.5 Å². The highest BCUT2D eigenvalue weighted by molar-refractivity contribution is 5.92. The zero-order valence-electron chi connectivity index (χ0n) is 14.9. The molecule has 0 unspecified atom stereocenters. The summed E-state index contributed by atoms with van der Waals surface area (Å²) in [4.78, 5) is 36.5. The number of carbonyl (C=O) groups is 3. The molecule has 0 radical (unpaired) electrons. The van der Waals surface area contributed by atoms with Gasteiger partial charge in [-0.3, -0.25) is 14.4 Å². The van der Waals surface area contributed by atoms with Crippen LogP contribution in [-0.4, -0.2) is 31.9 Å². The third-order valence-corrected chi connectivity index (χ3v) is 6.38. The van der Waals surface area contributed by atoms with E-state index < -0.39 is 0 Å². The quantitative estimate of drug-likeness (QED) is 0.584. The Kier molecular flexibility index (Phi) is 4.30. The molecule has 2 bridgehead atoms. The second-order valence-corrected chi connectivity index (χ2v) is 7.87. The van der Waals surface area contributed by atoms with Crippen LogP contribution in [0.5, 0.6) is 0 Å². The van der Waals surface area contributed by atoms with Crippen molar-refractivity contribution < 1.29 is 23.9 Å². The van der Waals surface area contributed by atoms with E-state index >= 15 is 0 Å². The standard InChI is InChI=1S/C19H26O5/c1-19(2)13-6-5-12(18(13)22)16-10(8-14(20)23-3)7-11(17(16)19)9-15(21)24-4/h10-13H,5-9H2,1-4H3/t10-,11+,12+,13+/m1/s1. The van der Waals surface area contributed by atoms with Crippen LogP contribution in [0.15, 0.2) is 11.1 Å². The van der Waals surface area contributed by atoms with Gasteiger partial charge >= 0.3 is 11.9 Å². The van der Waals surface area contributed by atoms with Crippen LogP contribution in [0.3, 0.4) is 0 Å². The van der Waals surface area contributed by atoms with E-state index in [1.54, 1.807) is 0 Å². The molecule has 132 valence electrons. The molecular formula is C19H26O5. The Labute approximate surface area is 142 Å². The first kappa shape index (κ1) is 17.2. The van der Waals surface area contributed by atoms with E-state index in [1.165, 1.54) is 19.8 Å². The van der Waals surface area contributed by atoms with Crippen LogP contribution in [0, 0.1) is 29.1 Å². The molecule has 0 aromatic carbocycles. The minimum atomic E-state index is -0.254. The second kappa shape index (κ2) is 6.01. The Bertz CT molecular complexity index is 615. The van der Waals surface area contributed by atoms with E-state index in [2.05, 4.69) is 13.8 Å². The van der Waals surface area contributed by atoms with Crippen molar-refractivity contribution in [1.29, 1.82) is 0 Å². The number of ketones is 1. The number of carbonyl (C=O) groups excluding carboxylic acids is 3. The average Bonchev–Trinajstić information content (AvgIpc) is 3.04. The maximum atomic E-state index is 12.8. The van der Waals surface area contributed by atoms with Gasteiger partial charge in [0.15, 0.2) is 0 Å². The minimum absolute atomic E-state index is 0.00869. The third-order valence-electron chi connectivity index (χ3n) is 6.38. The van der Waals surface area contributed by atoms with Crippen molar-refractivity contribution in [2.24, 2.45) is 29.1 Å². The molecule has 0 spiro atoms. The maximum Gasteiger partial charge on any atom is 0.306 e. The summed E-state index contributed by atoms with van der Waals surface area (Å²) in [5.41, 5.74) is 2.13. The predicted octanol–water partition coefficient (Wildman–Crippen LogP) is 2.68. The van der Waals surface area contributed by atoms with Crippen molar-refractivity contribution in [1.82, 2.24) is 0 Å². The maximum absolute atomic E-state index is 12.8. The third kappa shape index (κ3) is 2.49. The Balaban J connectivity index is 2.02. The summed E-state index contributed by atoms with van der Waals surface area (Å²) in [5.74, 6) is -0.106. The van der Waals surface area contributed by atoms with Crippen molar-refractivity contribution in [3.63, 3.8) is 0 Å². The van der Waals surface area contributed by atoms with Crippen LogP contribution in [-0.2, 0) is 23.9 Å². The van der Waals surface area contributed by atoms with Crippen LogP contribution >= 0.6 is 0 Å². The topological polar surface area (TPSA) is 69.7 Å². The summed E-state index contributed by atoms with van der Waals surface area (Å²) >= 11 is 0. The lowest BCUT2D eigenvalue weighted by Gasteiger charge is -2.40. The first-order chi connectivity index (χ1) is 11.3. The number of Topliss-reactive ketones (excluding diaryl/α,β-unsaturated/α-hetero) is 1. The van der Waals surface area contributed by atoms with Crippen molar-refractivity contribution in [3.05, 3.63) is 11.1 Å². The Morgan fingerprint density at radius 2 is 1.62 bits per heavy atom. The van der Waals surface area contributed by atoms with Gasteiger partial charge in [0.1, 0.15) is 5.78 Å². The molecule has 0 heterocycles. The Hall–Kier alpha value is -1.65. The number of fused-ring (bicyclic) bond motifs is 3. The number of ether oxygens (including phenoxy) is 2. The molecule has 1 saturated carbocycles. The number of allylic oxidation sites excluding steroid dienone is 2. The number of hydrogen-bond acceptors (Lipinski definition) is 5. The molecular weight excluding hydrogens is 308 g/mol. The molecule has 0 N–H and O–H groups in total. The van der Waals surface area contributed by atoms with Crippen LogP contribution < -0.4 is 0 Å². The van der Waals surface area contributed by atoms with Crippen LogP contribution in [0.4, 0.5) is 0 Å². The molecule has 0 aromatic heterocycles. The lowest BCUT2D eigenvalue weighted by molar-refractivity contribution is -0.141. The fourth-order valence-corrected chi connectivity index (χ4v) is 5.44. The number of rotatable bonds is 4. The van der Waals surface area contributed by atoms with Gasteiger partial charge in [0.2, 0.25) is 0 Å². The number of esters is 2. The lowest BCUT2D eigenvalue weighted by atomic mass is 9.63. The van der Waals surface area contributed by atoms with Crippen molar-refractivity contribution >= 4 is 17.7 Å². The molecule has 0 saturated heterocycles. The minimum Gasteiger partial charge on any atom is -0.469 e. The van der Waals surface area contributed by atoms with Crippen molar-refractivity contribution in [2.45, 2.75) is 46.0 Å². The Morgan fingerprint density at radius 1 is 1.04 bits per heavy atom. The van der Waals surface area contributed by atoms with Gasteiger partial charge in [0.05, 0.1) is 27.1 Å². The SMILES string of the molecule is COC(=O)C[C@H]1C[C@@H](CC(=O)OC)C2=C1[C@@H]1CC[C@@H](C1=O)C2(C)C. The molecule has 3 aliphatic rings. The summed E-state index contributed by atoms with van der Waals surface area (Å²) < 4.78 is 9.72. The van der Waals surface area contributed by atoms with E-state index in [0.717, 1.165) is 24.8 Å². The first-order valence-electron chi connectivity index (χ1n) is 8.73. The van der Waals surface area contributed by atoms with Crippen LogP contribution in [0.1, 0.15) is 46.0 Å². The van der Waals surface area contributed by atoms with Gasteiger partial charge in [-0.15, -0.1) is 0 Å². The molecule has 0 amide bonds. The molecule has 24 heavy (non-hydrogen) atoms. The highest BCUT2D eigenvalue weighted by Gasteiger charge is 2.57. The zero-order valence-corrected chi connectivity index (χ0v) is 14.9. The summed E-state index contributed by atoms with van der Waals surface area (Å²) in [6, 6.07) is 0. The van der Waals surface area contributed by atoms with Gasteiger partial charge < -0.3 is 9.47 Å². The summed E-state index contributed by atoms with van der Waals surface area (Å²) in [6.45, 7) is 4.24. The van der Waals surface area contributed by atoms with E-state index in [4.69, 9.17) is 9.47 Å². The van der Waals surface area contributed by atoms with Crippen LogP contribution in [0.25, 0.3) is 0 Å². The molecule has 0 aliphatic heterocycles. The summed E-state index contributed by atoms with van der Waals surface area (Å²) in [5, 5.41) is 0. The highest BCUT2D eigenvalue weighted by atomic mass is 16.5. The predicted molar refractivity (Wildman–Crippen MR) is 86.9 cm³/mol. The highest BCUT2D eigenvalue weighted by Crippen LogP contribution is 2.61. The summed E-state index contributed by atoms with van der Waals surface area (Å²) in [6.07, 6.45) is 3.12. The fourth-order valence-electron chi connectivity index (χ4n) is 5.44. The number of methoxy groups -OCH3 is 2. The van der Waals surface area contributed by atoms with Gasteiger partial charge in [0, 0.05) is 11.8 Å². The molecule has 4 atom stereocenters. The van der Waals surface area contributed by atoms with E-state index in [-0.39, 0.29) is 47.4 Å². The molecule has 5 nitrogen and oxygen atoms in total.